The van der Waals surface area contributed by atoms with Crippen LogP contribution < -0.4 is 0 Å². The van der Waals surface area contributed by atoms with Crippen molar-refractivity contribution in [2.45, 2.75) is 71.8 Å². The van der Waals surface area contributed by atoms with Gasteiger partial charge in [-0.15, -0.1) is 0 Å². The van der Waals surface area contributed by atoms with Crippen molar-refractivity contribution in [2.24, 2.45) is 23.7 Å². The van der Waals surface area contributed by atoms with Crippen LogP contribution in [0.4, 0.5) is 0 Å². The molecule has 2 rings (SSSR count). The Morgan fingerprint density at radius 3 is 2.55 bits per heavy atom. The molecule has 0 amide bonds. The average Bonchev–Trinajstić information content (AvgIpc) is 2.41. The van der Waals surface area contributed by atoms with E-state index in [1.54, 1.807) is 0 Å². The average molecular weight is 279 g/mol. The summed E-state index contributed by atoms with van der Waals surface area (Å²) in [6.45, 7) is 8.01. The quantitative estimate of drug-likeness (QED) is 0.771. The molecule has 0 aromatic rings. The van der Waals surface area contributed by atoms with Gasteiger partial charge in [-0.3, -0.25) is 4.79 Å². The Morgan fingerprint density at radius 2 is 1.90 bits per heavy atom. The molecule has 0 aromatic heterocycles. The van der Waals surface area contributed by atoms with Crippen LogP contribution in [0.15, 0.2) is 0 Å². The van der Waals surface area contributed by atoms with Gasteiger partial charge >= 0.3 is 0 Å². The Balaban J connectivity index is 1.91. The minimum Gasteiger partial charge on any atom is -0.302 e. The molecular weight excluding hydrogens is 246 g/mol. The summed E-state index contributed by atoms with van der Waals surface area (Å²) in [6.07, 6.45) is 8.52. The lowest BCUT2D eigenvalue weighted by molar-refractivity contribution is -0.127. The van der Waals surface area contributed by atoms with E-state index in [4.69, 9.17) is 0 Å². The molecule has 0 bridgehead atoms. The largest absolute Gasteiger partial charge is 0.302 e. The van der Waals surface area contributed by atoms with Gasteiger partial charge in [0.05, 0.1) is 0 Å². The third kappa shape index (κ3) is 3.84. The summed E-state index contributed by atoms with van der Waals surface area (Å²) in [4.78, 5) is 14.7. The van der Waals surface area contributed by atoms with E-state index in [1.165, 1.54) is 25.7 Å². The molecule has 2 heteroatoms. The van der Waals surface area contributed by atoms with Gasteiger partial charge in [-0.25, -0.2) is 0 Å². The van der Waals surface area contributed by atoms with E-state index < -0.39 is 0 Å². The Labute approximate surface area is 125 Å². The molecule has 0 aliphatic heterocycles. The Hall–Kier alpha value is -0.370. The number of ketones is 1. The monoisotopic (exact) mass is 279 g/mol. The minimum atomic E-state index is 0.301. The van der Waals surface area contributed by atoms with Crippen molar-refractivity contribution in [2.75, 3.05) is 13.6 Å². The summed E-state index contributed by atoms with van der Waals surface area (Å²) in [5.74, 6) is 3.11. The van der Waals surface area contributed by atoms with Crippen LogP contribution in [0.3, 0.4) is 0 Å². The highest BCUT2D eigenvalue weighted by Gasteiger charge is 2.33. The number of Topliss-reactive ketones (excluding diaryl/α,β-unsaturated/α-hetero) is 1. The van der Waals surface area contributed by atoms with Crippen LogP contribution in [0.1, 0.15) is 65.7 Å². The second kappa shape index (κ2) is 7.06. The van der Waals surface area contributed by atoms with Crippen molar-refractivity contribution in [3.8, 4) is 0 Å². The van der Waals surface area contributed by atoms with Crippen molar-refractivity contribution in [3.05, 3.63) is 0 Å². The molecule has 116 valence electrons. The summed E-state index contributed by atoms with van der Waals surface area (Å²) in [5.41, 5.74) is 0. The Kier molecular flexibility index (Phi) is 5.65. The van der Waals surface area contributed by atoms with E-state index >= 15 is 0 Å². The molecule has 2 aliphatic rings. The summed E-state index contributed by atoms with van der Waals surface area (Å²) >= 11 is 0. The first-order chi connectivity index (χ1) is 9.49. The minimum absolute atomic E-state index is 0.301. The maximum absolute atomic E-state index is 12.2. The zero-order valence-electron chi connectivity index (χ0n) is 13.9. The molecule has 0 heterocycles. The first-order valence-corrected chi connectivity index (χ1v) is 8.72. The molecule has 2 nitrogen and oxygen atoms in total. The summed E-state index contributed by atoms with van der Waals surface area (Å²) in [7, 11) is 2.25. The third-order valence-electron chi connectivity index (χ3n) is 5.89. The van der Waals surface area contributed by atoms with Gasteiger partial charge < -0.3 is 4.90 Å². The smallest absolute Gasteiger partial charge is 0.137 e. The van der Waals surface area contributed by atoms with E-state index in [0.717, 1.165) is 43.6 Å². The summed E-state index contributed by atoms with van der Waals surface area (Å²) < 4.78 is 0. The van der Waals surface area contributed by atoms with Gasteiger partial charge in [-0.05, 0) is 50.5 Å². The van der Waals surface area contributed by atoms with Gasteiger partial charge in [0.1, 0.15) is 5.78 Å². The van der Waals surface area contributed by atoms with Crippen LogP contribution in [0.25, 0.3) is 0 Å². The first-order valence-electron chi connectivity index (χ1n) is 8.72. The predicted octanol–water partition coefficient (Wildman–Crippen LogP) is 4.14. The fourth-order valence-corrected chi connectivity index (χ4v) is 4.36. The van der Waals surface area contributed by atoms with E-state index in [-0.39, 0.29) is 0 Å². The standard InChI is InChI=1S/C18H33NO/c1-13(2)15-9-10-18(20)16(11-15)12-19(4)17-8-6-5-7-14(17)3/h13-17H,5-12H2,1-4H3. The lowest BCUT2D eigenvalue weighted by Crippen LogP contribution is -2.44. The zero-order chi connectivity index (χ0) is 14.7. The second-order valence-electron chi connectivity index (χ2n) is 7.71. The molecule has 4 atom stereocenters. The fraction of sp³-hybridized carbons (Fsp3) is 0.944. The summed E-state index contributed by atoms with van der Waals surface area (Å²) in [5, 5.41) is 0. The van der Waals surface area contributed by atoms with Gasteiger partial charge in [0.15, 0.2) is 0 Å². The molecule has 0 radical (unpaired) electrons. The van der Waals surface area contributed by atoms with E-state index in [9.17, 15) is 4.79 Å². The lowest BCUT2D eigenvalue weighted by atomic mass is 9.75. The number of hydrogen-bond acceptors (Lipinski definition) is 2. The number of nitrogens with zero attached hydrogens (tertiary/aromatic N) is 1. The molecular formula is C18H33NO. The van der Waals surface area contributed by atoms with Gasteiger partial charge in [0, 0.05) is 24.9 Å². The van der Waals surface area contributed by atoms with Crippen LogP contribution in [0.5, 0.6) is 0 Å². The number of hydrogen-bond donors (Lipinski definition) is 0. The highest BCUT2D eigenvalue weighted by atomic mass is 16.1. The van der Waals surface area contributed by atoms with E-state index in [1.807, 2.05) is 0 Å². The van der Waals surface area contributed by atoms with Gasteiger partial charge in [-0.1, -0.05) is 33.6 Å². The third-order valence-corrected chi connectivity index (χ3v) is 5.89. The van der Waals surface area contributed by atoms with Gasteiger partial charge in [0.2, 0.25) is 0 Å². The normalized spacial score (nSPS) is 35.8. The Bertz CT molecular complexity index is 325. The molecule has 2 aliphatic carbocycles. The molecule has 0 spiro atoms. The molecule has 2 fully saturated rings. The van der Waals surface area contributed by atoms with Crippen molar-refractivity contribution in [1.82, 2.24) is 4.90 Å². The topological polar surface area (TPSA) is 20.3 Å². The van der Waals surface area contributed by atoms with E-state index in [0.29, 0.717) is 17.7 Å². The second-order valence-corrected chi connectivity index (χ2v) is 7.71. The lowest BCUT2D eigenvalue weighted by Gasteiger charge is -2.39. The van der Waals surface area contributed by atoms with Crippen molar-refractivity contribution >= 4 is 5.78 Å². The Morgan fingerprint density at radius 1 is 1.20 bits per heavy atom. The van der Waals surface area contributed by atoms with Crippen LogP contribution in [-0.2, 0) is 4.79 Å². The van der Waals surface area contributed by atoms with Crippen molar-refractivity contribution in [1.29, 1.82) is 0 Å². The van der Waals surface area contributed by atoms with Gasteiger partial charge in [0.25, 0.3) is 0 Å². The van der Waals surface area contributed by atoms with E-state index in [2.05, 4.69) is 32.7 Å². The van der Waals surface area contributed by atoms with Crippen LogP contribution >= 0.6 is 0 Å². The van der Waals surface area contributed by atoms with Crippen LogP contribution in [0.2, 0.25) is 0 Å². The maximum atomic E-state index is 12.2. The maximum Gasteiger partial charge on any atom is 0.137 e. The highest BCUT2D eigenvalue weighted by Crippen LogP contribution is 2.34. The van der Waals surface area contributed by atoms with Crippen LogP contribution in [0, 0.1) is 23.7 Å². The summed E-state index contributed by atoms with van der Waals surface area (Å²) in [6, 6.07) is 0.705. The molecule has 4 unspecified atom stereocenters. The van der Waals surface area contributed by atoms with Crippen molar-refractivity contribution in [3.63, 3.8) is 0 Å². The number of rotatable bonds is 4. The molecule has 0 aromatic carbocycles. The molecule has 0 saturated heterocycles. The number of carbonyl (C=O) groups excluding carboxylic acids is 1. The van der Waals surface area contributed by atoms with Gasteiger partial charge in [-0.2, -0.15) is 0 Å². The molecule has 2 saturated carbocycles. The molecule has 20 heavy (non-hydrogen) atoms. The zero-order valence-corrected chi connectivity index (χ0v) is 13.9. The molecule has 0 N–H and O–H groups in total. The SMILES string of the molecule is CC(C)C1CCC(=O)C(CN(C)C2CCCCC2C)C1. The number of carbonyl (C=O) groups is 1. The highest BCUT2D eigenvalue weighted by molar-refractivity contribution is 5.82. The van der Waals surface area contributed by atoms with Crippen LogP contribution in [-0.4, -0.2) is 30.3 Å². The fourth-order valence-electron chi connectivity index (χ4n) is 4.36. The van der Waals surface area contributed by atoms with Crippen molar-refractivity contribution < 1.29 is 4.79 Å². The predicted molar refractivity (Wildman–Crippen MR) is 84.7 cm³/mol. The first kappa shape index (κ1) is 16.0.